The molecule has 0 aliphatic rings. The molecule has 0 saturated carbocycles. The zero-order valence-corrected chi connectivity index (χ0v) is 20.3. The molecule has 0 fully saturated rings. The second-order valence-corrected chi connectivity index (χ2v) is 8.69. The zero-order valence-electron chi connectivity index (χ0n) is 20.3. The number of benzene rings is 1. The number of hydrogen-bond acceptors (Lipinski definition) is 6. The average Bonchev–Trinajstić information content (AvgIpc) is 3.11. The van der Waals surface area contributed by atoms with Gasteiger partial charge >= 0.3 is 5.97 Å². The van der Waals surface area contributed by atoms with E-state index < -0.39 is 42.0 Å². The third-order valence-electron chi connectivity index (χ3n) is 5.77. The number of nitrogens with one attached hydrogen (secondary N) is 3. The highest BCUT2D eigenvalue weighted by Crippen LogP contribution is 2.21. The summed E-state index contributed by atoms with van der Waals surface area (Å²) in [6.45, 7) is 3.17. The summed E-state index contributed by atoms with van der Waals surface area (Å²) in [5.74, 6) is -2.76. The first-order valence-corrected chi connectivity index (χ1v) is 11.6. The van der Waals surface area contributed by atoms with Crippen LogP contribution in [0.1, 0.15) is 38.7 Å². The molecule has 2 aromatic rings. The van der Waals surface area contributed by atoms with Crippen LogP contribution in [0.4, 0.5) is 0 Å². The molecule has 1 heterocycles. The maximum atomic E-state index is 13.2. The van der Waals surface area contributed by atoms with Gasteiger partial charge in [0.2, 0.25) is 17.7 Å². The highest BCUT2D eigenvalue weighted by Gasteiger charge is 2.30. The van der Waals surface area contributed by atoms with Crippen molar-refractivity contribution in [1.29, 1.82) is 0 Å². The molecule has 2 rings (SSSR count). The Kier molecular flexibility index (Phi) is 10.2. The van der Waals surface area contributed by atoms with Gasteiger partial charge < -0.3 is 36.5 Å². The molecule has 0 aliphatic heterocycles. The molecule has 3 amide bonds. The number of amides is 3. The Balaban J connectivity index is 2.18. The average molecular weight is 490 g/mol. The van der Waals surface area contributed by atoms with Crippen molar-refractivity contribution in [3.8, 4) is 0 Å². The summed E-state index contributed by atoms with van der Waals surface area (Å²) in [5.41, 5.74) is 7.47. The summed E-state index contributed by atoms with van der Waals surface area (Å²) in [6, 6.07) is 4.06. The minimum Gasteiger partial charge on any atom is -0.480 e. The predicted octanol–water partition coefficient (Wildman–Crippen LogP) is -0.210. The number of aliphatic hydroxyl groups is 1. The fraction of sp³-hybridized carbons (Fsp3) is 0.500. The van der Waals surface area contributed by atoms with Gasteiger partial charge in [0, 0.05) is 44.0 Å². The van der Waals surface area contributed by atoms with E-state index in [1.54, 1.807) is 0 Å². The fourth-order valence-electron chi connectivity index (χ4n) is 3.77. The van der Waals surface area contributed by atoms with Crippen molar-refractivity contribution in [3.05, 3.63) is 36.0 Å². The number of fused-ring (bicyclic) bond motifs is 1. The quantitative estimate of drug-likeness (QED) is 0.211. The monoisotopic (exact) mass is 489 g/mol. The van der Waals surface area contributed by atoms with Crippen molar-refractivity contribution < 1.29 is 29.4 Å². The van der Waals surface area contributed by atoms with Gasteiger partial charge in [0.15, 0.2) is 0 Å². The van der Waals surface area contributed by atoms with Gasteiger partial charge in [-0.15, -0.1) is 0 Å². The number of nitrogens with two attached hydrogens (primary N) is 1. The number of hydrogen-bond donors (Lipinski definition) is 6. The van der Waals surface area contributed by atoms with Gasteiger partial charge in [-0.2, -0.15) is 0 Å². The SMILES string of the molecule is CC(=O)NCCCC[C@H](NC(=O)[C@H](Cc1cn(C)c2ccccc12)NC(=O)[C@@H](N)[C@@H](C)O)C(=O)O. The minimum atomic E-state index is -1.25. The van der Waals surface area contributed by atoms with Gasteiger partial charge in [0.1, 0.15) is 18.1 Å². The Morgan fingerprint density at radius 1 is 1.06 bits per heavy atom. The molecule has 11 heteroatoms. The highest BCUT2D eigenvalue weighted by atomic mass is 16.4. The lowest BCUT2D eigenvalue weighted by molar-refractivity contribution is -0.142. The molecule has 0 saturated heterocycles. The van der Waals surface area contributed by atoms with Gasteiger partial charge in [0.25, 0.3) is 0 Å². The van der Waals surface area contributed by atoms with E-state index in [0.717, 1.165) is 16.5 Å². The van der Waals surface area contributed by atoms with Crippen LogP contribution in [0.5, 0.6) is 0 Å². The van der Waals surface area contributed by atoms with Gasteiger partial charge in [-0.1, -0.05) is 18.2 Å². The number of carboxylic acid groups (broad SMARTS) is 1. The molecule has 1 aromatic heterocycles. The van der Waals surface area contributed by atoms with Crippen molar-refractivity contribution >= 4 is 34.6 Å². The molecule has 0 unspecified atom stereocenters. The Bertz CT molecular complexity index is 1050. The number of carbonyl (C=O) groups is 4. The first-order chi connectivity index (χ1) is 16.5. The second kappa shape index (κ2) is 12.9. The summed E-state index contributed by atoms with van der Waals surface area (Å²) >= 11 is 0. The number of aliphatic hydroxyl groups excluding tert-OH is 1. The van der Waals surface area contributed by atoms with E-state index in [1.165, 1.54) is 13.8 Å². The normalized spacial score (nSPS) is 14.5. The molecule has 7 N–H and O–H groups in total. The van der Waals surface area contributed by atoms with E-state index in [2.05, 4.69) is 16.0 Å². The van der Waals surface area contributed by atoms with Gasteiger partial charge in [-0.25, -0.2) is 4.79 Å². The summed E-state index contributed by atoms with van der Waals surface area (Å²) in [5, 5.41) is 27.9. The van der Waals surface area contributed by atoms with Crippen molar-refractivity contribution in [1.82, 2.24) is 20.5 Å². The molecule has 35 heavy (non-hydrogen) atoms. The largest absolute Gasteiger partial charge is 0.480 e. The van der Waals surface area contributed by atoms with E-state index >= 15 is 0 Å². The lowest BCUT2D eigenvalue weighted by atomic mass is 10.0. The van der Waals surface area contributed by atoms with Crippen LogP contribution in [0.25, 0.3) is 10.9 Å². The van der Waals surface area contributed by atoms with Crippen LogP contribution < -0.4 is 21.7 Å². The number of aryl methyl sites for hydroxylation is 1. The number of para-hydroxylation sites is 1. The molecule has 0 aliphatic carbocycles. The first kappa shape index (κ1) is 27.8. The maximum absolute atomic E-state index is 13.2. The molecule has 4 atom stereocenters. The minimum absolute atomic E-state index is 0.0975. The van der Waals surface area contributed by atoms with Crippen LogP contribution in [0.2, 0.25) is 0 Å². The summed E-state index contributed by atoms with van der Waals surface area (Å²) in [6.07, 6.45) is 1.99. The van der Waals surface area contributed by atoms with Crippen LogP contribution in [0.3, 0.4) is 0 Å². The van der Waals surface area contributed by atoms with E-state index in [1.807, 2.05) is 42.1 Å². The van der Waals surface area contributed by atoms with Gasteiger partial charge in [-0.05, 0) is 37.8 Å². The zero-order chi connectivity index (χ0) is 26.1. The number of nitrogens with zero attached hydrogens (tertiary/aromatic N) is 1. The van der Waals surface area contributed by atoms with E-state index in [4.69, 9.17) is 5.73 Å². The topological polar surface area (TPSA) is 176 Å². The molecule has 0 bridgehead atoms. The van der Waals surface area contributed by atoms with Crippen LogP contribution in [-0.2, 0) is 32.6 Å². The third kappa shape index (κ3) is 8.08. The lowest BCUT2D eigenvalue weighted by Gasteiger charge is -2.23. The molecular formula is C24H35N5O6. The number of unbranched alkanes of at least 4 members (excludes halogenated alkanes) is 1. The molecule has 192 valence electrons. The van der Waals surface area contributed by atoms with Gasteiger partial charge in [0.05, 0.1) is 6.10 Å². The Labute approximate surface area is 204 Å². The number of rotatable bonds is 13. The highest BCUT2D eigenvalue weighted by molar-refractivity contribution is 5.93. The van der Waals surface area contributed by atoms with Crippen LogP contribution >= 0.6 is 0 Å². The predicted molar refractivity (Wildman–Crippen MR) is 130 cm³/mol. The second-order valence-electron chi connectivity index (χ2n) is 8.69. The van der Waals surface area contributed by atoms with Crippen LogP contribution in [0.15, 0.2) is 30.5 Å². The van der Waals surface area contributed by atoms with E-state index in [9.17, 15) is 29.4 Å². The smallest absolute Gasteiger partial charge is 0.326 e. The van der Waals surface area contributed by atoms with E-state index in [-0.39, 0.29) is 18.7 Å². The number of aliphatic carboxylic acids is 1. The Morgan fingerprint density at radius 2 is 1.71 bits per heavy atom. The van der Waals surface area contributed by atoms with E-state index in [0.29, 0.717) is 19.4 Å². The molecule has 11 nitrogen and oxygen atoms in total. The molecule has 1 aromatic carbocycles. The lowest BCUT2D eigenvalue weighted by Crippen LogP contribution is -2.56. The molecule has 0 spiro atoms. The summed E-state index contributed by atoms with van der Waals surface area (Å²) in [7, 11) is 1.87. The number of carboxylic acids is 1. The number of aromatic nitrogens is 1. The van der Waals surface area contributed by atoms with Crippen LogP contribution in [-0.4, -0.2) is 69.2 Å². The summed E-state index contributed by atoms with van der Waals surface area (Å²) < 4.78 is 1.90. The Morgan fingerprint density at radius 3 is 2.34 bits per heavy atom. The molecular weight excluding hydrogens is 454 g/mol. The van der Waals surface area contributed by atoms with Crippen molar-refractivity contribution in [2.45, 2.75) is 63.8 Å². The maximum Gasteiger partial charge on any atom is 0.326 e. The fourth-order valence-corrected chi connectivity index (χ4v) is 3.77. The Hall–Kier alpha value is -3.44. The first-order valence-electron chi connectivity index (χ1n) is 11.6. The standard InChI is InChI=1S/C24H35N5O6/c1-14(30)21(25)23(33)28-19(12-16-13-29(3)20-10-5-4-8-17(16)20)22(32)27-18(24(34)35)9-6-7-11-26-15(2)31/h4-5,8,10,13-14,18-19,21,30H,6-7,9,11-12,25H2,1-3H3,(H,26,31)(H,27,32)(H,28,33)(H,34,35)/t14-,18+,19+,21+/m1/s1. The van der Waals surface area contributed by atoms with Crippen LogP contribution in [0, 0.1) is 0 Å². The molecule has 0 radical (unpaired) electrons. The van der Waals surface area contributed by atoms with Crippen molar-refractivity contribution in [2.24, 2.45) is 12.8 Å². The van der Waals surface area contributed by atoms with Crippen molar-refractivity contribution in [2.75, 3.05) is 6.54 Å². The van der Waals surface area contributed by atoms with Crippen molar-refractivity contribution in [3.63, 3.8) is 0 Å². The van der Waals surface area contributed by atoms with Gasteiger partial charge in [-0.3, -0.25) is 14.4 Å². The number of carbonyl (C=O) groups excluding carboxylic acids is 3. The summed E-state index contributed by atoms with van der Waals surface area (Å²) in [4.78, 5) is 48.4. The third-order valence-corrected chi connectivity index (χ3v) is 5.77.